The summed E-state index contributed by atoms with van der Waals surface area (Å²) in [5, 5.41) is 8.54. The Kier molecular flexibility index (Phi) is 5.95. The molecular weight excluding hydrogens is 414 g/mol. The third-order valence-electron chi connectivity index (χ3n) is 5.61. The van der Waals surface area contributed by atoms with Crippen LogP contribution in [0.15, 0.2) is 18.3 Å². The molecule has 0 aliphatic carbocycles. The Labute approximate surface area is 185 Å². The zero-order valence-electron chi connectivity index (χ0n) is 18.3. The third kappa shape index (κ3) is 4.14. The molecule has 1 aliphatic heterocycles. The van der Waals surface area contributed by atoms with Gasteiger partial charge in [-0.2, -0.15) is 5.10 Å². The normalized spacial score (nSPS) is 14.8. The minimum atomic E-state index is -0.376. The lowest BCUT2D eigenvalue weighted by molar-refractivity contribution is 0.0526. The molecular formula is C22H27N5O3S. The van der Waals surface area contributed by atoms with Gasteiger partial charge in [-0.25, -0.2) is 9.78 Å². The standard InChI is InChI=1S/C22H27N5O3S/c1-5-30-22(29)16-12-23-20-18(14(3)25-26(20)4)19(16)27-10-8-15(9-11-27)24-21(28)17-7-6-13(2)31-17/h6-7,12,15H,5,8-11H2,1-4H3,(H,24,28). The number of esters is 1. The zero-order valence-corrected chi connectivity index (χ0v) is 19.1. The van der Waals surface area contributed by atoms with E-state index >= 15 is 0 Å². The molecule has 0 unspecified atom stereocenters. The van der Waals surface area contributed by atoms with Crippen molar-refractivity contribution in [1.82, 2.24) is 20.1 Å². The van der Waals surface area contributed by atoms with Crippen molar-refractivity contribution in [2.75, 3.05) is 24.6 Å². The van der Waals surface area contributed by atoms with Crippen molar-refractivity contribution in [3.63, 3.8) is 0 Å². The topological polar surface area (TPSA) is 89.3 Å². The van der Waals surface area contributed by atoms with Crippen molar-refractivity contribution in [3.8, 4) is 0 Å². The van der Waals surface area contributed by atoms with Gasteiger partial charge in [0.05, 0.1) is 28.3 Å². The molecule has 4 rings (SSSR count). The van der Waals surface area contributed by atoms with Gasteiger partial charge in [0, 0.05) is 37.3 Å². The molecule has 0 radical (unpaired) electrons. The maximum atomic E-state index is 12.7. The van der Waals surface area contributed by atoms with Gasteiger partial charge < -0.3 is 15.0 Å². The van der Waals surface area contributed by atoms with Crippen molar-refractivity contribution in [3.05, 3.63) is 39.3 Å². The summed E-state index contributed by atoms with van der Waals surface area (Å²) in [6.07, 6.45) is 3.17. The number of pyridine rings is 1. The van der Waals surface area contributed by atoms with Crippen molar-refractivity contribution >= 4 is 39.9 Å². The monoisotopic (exact) mass is 441 g/mol. The zero-order chi connectivity index (χ0) is 22.1. The molecule has 1 amide bonds. The molecule has 1 aliphatic rings. The summed E-state index contributed by atoms with van der Waals surface area (Å²) in [5.41, 5.74) is 2.85. The van der Waals surface area contributed by atoms with Crippen molar-refractivity contribution in [1.29, 1.82) is 0 Å². The number of nitrogens with zero attached hydrogens (tertiary/aromatic N) is 4. The molecule has 3 aromatic heterocycles. The SMILES string of the molecule is CCOC(=O)c1cnc2c(c(C)nn2C)c1N1CCC(NC(=O)c2ccc(C)s2)CC1. The first-order valence-electron chi connectivity index (χ1n) is 10.5. The fourth-order valence-corrected chi connectivity index (χ4v) is 4.91. The first-order valence-corrected chi connectivity index (χ1v) is 11.3. The maximum Gasteiger partial charge on any atom is 0.341 e. The van der Waals surface area contributed by atoms with E-state index in [1.54, 1.807) is 17.8 Å². The number of ether oxygens (including phenoxy) is 1. The van der Waals surface area contributed by atoms with Gasteiger partial charge >= 0.3 is 5.97 Å². The molecule has 8 nitrogen and oxygen atoms in total. The van der Waals surface area contributed by atoms with Crippen LogP contribution >= 0.6 is 11.3 Å². The fraction of sp³-hybridized carbons (Fsp3) is 0.455. The molecule has 3 aromatic rings. The summed E-state index contributed by atoms with van der Waals surface area (Å²) in [6.45, 7) is 7.46. The number of amides is 1. The number of thiophene rings is 1. The summed E-state index contributed by atoms with van der Waals surface area (Å²) in [4.78, 5) is 33.7. The second kappa shape index (κ2) is 8.66. The molecule has 4 heterocycles. The largest absolute Gasteiger partial charge is 0.462 e. The van der Waals surface area contributed by atoms with E-state index in [2.05, 4.69) is 20.3 Å². The van der Waals surface area contributed by atoms with Gasteiger partial charge in [0.15, 0.2) is 5.65 Å². The van der Waals surface area contributed by atoms with Crippen LogP contribution in [0.3, 0.4) is 0 Å². The van der Waals surface area contributed by atoms with Gasteiger partial charge in [0.25, 0.3) is 5.91 Å². The number of anilines is 1. The fourth-order valence-electron chi connectivity index (χ4n) is 4.14. The number of fused-ring (bicyclic) bond motifs is 1. The predicted molar refractivity (Wildman–Crippen MR) is 121 cm³/mol. The van der Waals surface area contributed by atoms with Crippen LogP contribution in [0.5, 0.6) is 0 Å². The second-order valence-electron chi connectivity index (χ2n) is 7.79. The van der Waals surface area contributed by atoms with E-state index in [0.717, 1.165) is 45.0 Å². The minimum absolute atomic E-state index is 0.0156. The average Bonchev–Trinajstić information content (AvgIpc) is 3.31. The number of hydrogen-bond acceptors (Lipinski definition) is 7. The number of piperidine rings is 1. The molecule has 9 heteroatoms. The van der Waals surface area contributed by atoms with Gasteiger partial charge in [-0.05, 0) is 45.7 Å². The van der Waals surface area contributed by atoms with E-state index in [0.29, 0.717) is 25.3 Å². The predicted octanol–water partition coefficient (Wildman–Crippen LogP) is 3.22. The second-order valence-corrected chi connectivity index (χ2v) is 9.08. The number of nitrogens with one attached hydrogen (secondary N) is 1. The molecule has 31 heavy (non-hydrogen) atoms. The van der Waals surface area contributed by atoms with Crippen LogP contribution in [0.1, 0.15) is 50.4 Å². The highest BCUT2D eigenvalue weighted by atomic mass is 32.1. The number of carbonyl (C=O) groups is 2. The molecule has 0 saturated carbocycles. The molecule has 0 aromatic carbocycles. The Morgan fingerprint density at radius 1 is 1.26 bits per heavy atom. The van der Waals surface area contributed by atoms with Crippen LogP contribution in [0.4, 0.5) is 5.69 Å². The van der Waals surface area contributed by atoms with E-state index in [-0.39, 0.29) is 17.9 Å². The molecule has 1 fully saturated rings. The molecule has 0 atom stereocenters. The number of rotatable bonds is 5. The van der Waals surface area contributed by atoms with Crippen LogP contribution in [0, 0.1) is 13.8 Å². The Balaban J connectivity index is 1.57. The quantitative estimate of drug-likeness (QED) is 0.612. The molecule has 0 bridgehead atoms. The van der Waals surface area contributed by atoms with Crippen LogP contribution in [0.25, 0.3) is 11.0 Å². The van der Waals surface area contributed by atoms with Crippen molar-refractivity contribution in [2.45, 2.75) is 39.7 Å². The van der Waals surface area contributed by atoms with Crippen LogP contribution < -0.4 is 10.2 Å². The van der Waals surface area contributed by atoms with Crippen LogP contribution in [-0.2, 0) is 11.8 Å². The Morgan fingerprint density at radius 3 is 2.65 bits per heavy atom. The summed E-state index contributed by atoms with van der Waals surface area (Å²) in [7, 11) is 1.85. The average molecular weight is 442 g/mol. The van der Waals surface area contributed by atoms with E-state index in [9.17, 15) is 9.59 Å². The van der Waals surface area contributed by atoms with Crippen molar-refractivity contribution in [2.24, 2.45) is 7.05 Å². The van der Waals surface area contributed by atoms with Gasteiger partial charge in [-0.15, -0.1) is 11.3 Å². The van der Waals surface area contributed by atoms with Gasteiger partial charge in [0.1, 0.15) is 5.56 Å². The van der Waals surface area contributed by atoms with Gasteiger partial charge in [-0.3, -0.25) is 9.48 Å². The number of hydrogen-bond donors (Lipinski definition) is 1. The smallest absolute Gasteiger partial charge is 0.341 e. The summed E-state index contributed by atoms with van der Waals surface area (Å²) in [5.74, 6) is -0.392. The van der Waals surface area contributed by atoms with Gasteiger partial charge in [-0.1, -0.05) is 0 Å². The molecule has 1 N–H and O–H groups in total. The highest BCUT2D eigenvalue weighted by molar-refractivity contribution is 7.13. The Morgan fingerprint density at radius 2 is 2.00 bits per heavy atom. The summed E-state index contributed by atoms with van der Waals surface area (Å²) >= 11 is 1.51. The summed E-state index contributed by atoms with van der Waals surface area (Å²) < 4.78 is 7.03. The van der Waals surface area contributed by atoms with Crippen LogP contribution in [0.2, 0.25) is 0 Å². The summed E-state index contributed by atoms with van der Waals surface area (Å²) in [6, 6.07) is 3.93. The van der Waals surface area contributed by atoms with Gasteiger partial charge in [0.2, 0.25) is 0 Å². The Bertz CT molecular complexity index is 1130. The lowest BCUT2D eigenvalue weighted by Crippen LogP contribution is -2.45. The van der Waals surface area contributed by atoms with Crippen LogP contribution in [-0.4, -0.2) is 52.4 Å². The number of aryl methyl sites for hydroxylation is 3. The van der Waals surface area contributed by atoms with E-state index in [1.165, 1.54) is 11.3 Å². The van der Waals surface area contributed by atoms with E-state index in [1.807, 2.05) is 33.0 Å². The van der Waals surface area contributed by atoms with E-state index < -0.39 is 0 Å². The number of carbonyl (C=O) groups excluding carboxylic acids is 2. The highest BCUT2D eigenvalue weighted by Gasteiger charge is 2.28. The maximum absolute atomic E-state index is 12.7. The third-order valence-corrected chi connectivity index (χ3v) is 6.61. The first-order chi connectivity index (χ1) is 14.9. The highest BCUT2D eigenvalue weighted by Crippen LogP contribution is 2.34. The lowest BCUT2D eigenvalue weighted by Gasteiger charge is -2.35. The minimum Gasteiger partial charge on any atom is -0.462 e. The van der Waals surface area contributed by atoms with Crippen molar-refractivity contribution < 1.29 is 14.3 Å². The Hall–Kier alpha value is -2.94. The number of aromatic nitrogens is 3. The molecule has 164 valence electrons. The van der Waals surface area contributed by atoms with E-state index in [4.69, 9.17) is 4.74 Å². The first kappa shape index (κ1) is 21.3. The molecule has 0 spiro atoms. The molecule has 1 saturated heterocycles. The lowest BCUT2D eigenvalue weighted by atomic mass is 10.0.